The van der Waals surface area contributed by atoms with E-state index < -0.39 is 5.97 Å². The molecule has 0 radical (unpaired) electrons. The van der Waals surface area contributed by atoms with Gasteiger partial charge in [-0.3, -0.25) is 4.79 Å². The summed E-state index contributed by atoms with van der Waals surface area (Å²) in [6.45, 7) is 2.38. The molecule has 0 heterocycles. The van der Waals surface area contributed by atoms with Crippen LogP contribution >= 0.6 is 0 Å². The summed E-state index contributed by atoms with van der Waals surface area (Å²) in [5.41, 5.74) is 0.212. The van der Waals surface area contributed by atoms with Crippen LogP contribution in [0.4, 0.5) is 0 Å². The maximum atomic E-state index is 11.3. The van der Waals surface area contributed by atoms with E-state index in [9.17, 15) is 15.0 Å². The second kappa shape index (κ2) is 6.00. The molecule has 0 unspecified atom stereocenters. The Morgan fingerprint density at radius 3 is 2.50 bits per heavy atom. The third-order valence-corrected chi connectivity index (χ3v) is 2.21. The van der Waals surface area contributed by atoms with Crippen molar-refractivity contribution in [2.75, 3.05) is 6.61 Å². The lowest BCUT2D eigenvalue weighted by Gasteiger charge is -2.07. The summed E-state index contributed by atoms with van der Waals surface area (Å²) in [6, 6.07) is 4.36. The highest BCUT2D eigenvalue weighted by Crippen LogP contribution is 2.26. The van der Waals surface area contributed by atoms with Crippen LogP contribution in [0, 0.1) is 0 Å². The molecular formula is C12H16O4. The van der Waals surface area contributed by atoms with Crippen molar-refractivity contribution in [1.29, 1.82) is 0 Å². The number of aromatic hydroxyl groups is 2. The molecule has 0 aliphatic carbocycles. The predicted octanol–water partition coefficient (Wildman–Crippen LogP) is 1.98. The number of phenols is 2. The van der Waals surface area contributed by atoms with Crippen molar-refractivity contribution in [3.8, 4) is 11.5 Å². The van der Waals surface area contributed by atoms with Crippen LogP contribution in [0.25, 0.3) is 0 Å². The van der Waals surface area contributed by atoms with Crippen molar-refractivity contribution in [1.82, 2.24) is 0 Å². The van der Waals surface area contributed by atoms with Crippen LogP contribution in [0.3, 0.4) is 0 Å². The number of carbonyl (C=O) groups is 1. The third-order valence-electron chi connectivity index (χ3n) is 2.21. The lowest BCUT2D eigenvalue weighted by atomic mass is 10.1. The van der Waals surface area contributed by atoms with Crippen LogP contribution in [0.2, 0.25) is 0 Å². The Bertz CT molecular complexity index is 340. The highest BCUT2D eigenvalue weighted by atomic mass is 16.5. The van der Waals surface area contributed by atoms with Crippen molar-refractivity contribution in [2.45, 2.75) is 26.2 Å². The molecule has 0 aliphatic heterocycles. The maximum Gasteiger partial charge on any atom is 0.310 e. The second-order valence-electron chi connectivity index (χ2n) is 3.53. The van der Waals surface area contributed by atoms with Gasteiger partial charge in [0.2, 0.25) is 0 Å². The van der Waals surface area contributed by atoms with Gasteiger partial charge in [-0.1, -0.05) is 19.4 Å². The molecule has 0 aromatic heterocycles. The molecule has 4 nitrogen and oxygen atoms in total. The average molecular weight is 224 g/mol. The van der Waals surface area contributed by atoms with Gasteiger partial charge in [0.25, 0.3) is 0 Å². The first-order valence-corrected chi connectivity index (χ1v) is 5.30. The average Bonchev–Trinajstić information content (AvgIpc) is 2.24. The molecule has 0 spiro atoms. The van der Waals surface area contributed by atoms with E-state index in [-0.39, 0.29) is 23.5 Å². The summed E-state index contributed by atoms with van der Waals surface area (Å²) in [6.07, 6.45) is 1.66. The van der Waals surface area contributed by atoms with Gasteiger partial charge in [0, 0.05) is 5.56 Å². The van der Waals surface area contributed by atoms with Gasteiger partial charge in [-0.05, 0) is 18.6 Å². The van der Waals surface area contributed by atoms with Crippen LogP contribution in [0.1, 0.15) is 25.3 Å². The number of unbranched alkanes of at least 4 members (excludes halogenated alkanes) is 1. The Kier molecular flexibility index (Phi) is 4.64. The van der Waals surface area contributed by atoms with E-state index in [1.807, 2.05) is 6.92 Å². The predicted molar refractivity (Wildman–Crippen MR) is 59.3 cm³/mol. The number of esters is 1. The zero-order valence-corrected chi connectivity index (χ0v) is 9.27. The molecule has 0 saturated carbocycles. The van der Waals surface area contributed by atoms with E-state index in [4.69, 9.17) is 4.74 Å². The Morgan fingerprint density at radius 1 is 1.31 bits per heavy atom. The summed E-state index contributed by atoms with van der Waals surface area (Å²) in [7, 11) is 0. The highest BCUT2D eigenvalue weighted by Gasteiger charge is 2.12. The standard InChI is InChI=1S/C12H16O4/c1-2-3-7-16-12(15)8-9-10(13)5-4-6-11(9)14/h4-6,13-14H,2-3,7-8H2,1H3. The van der Waals surface area contributed by atoms with Crippen molar-refractivity contribution in [3.63, 3.8) is 0 Å². The fraction of sp³-hybridized carbons (Fsp3) is 0.417. The minimum Gasteiger partial charge on any atom is -0.508 e. The van der Waals surface area contributed by atoms with E-state index in [1.165, 1.54) is 18.2 Å². The molecule has 1 aromatic carbocycles. The Balaban J connectivity index is 2.56. The van der Waals surface area contributed by atoms with Crippen molar-refractivity contribution in [3.05, 3.63) is 23.8 Å². The first-order chi connectivity index (χ1) is 7.65. The minimum atomic E-state index is -0.440. The van der Waals surface area contributed by atoms with E-state index in [1.54, 1.807) is 0 Å². The van der Waals surface area contributed by atoms with Gasteiger partial charge in [0.15, 0.2) is 0 Å². The lowest BCUT2D eigenvalue weighted by Crippen LogP contribution is -2.09. The largest absolute Gasteiger partial charge is 0.508 e. The minimum absolute atomic E-state index is 0.0903. The van der Waals surface area contributed by atoms with Gasteiger partial charge in [0.1, 0.15) is 11.5 Å². The smallest absolute Gasteiger partial charge is 0.310 e. The summed E-state index contributed by atoms with van der Waals surface area (Å²) < 4.78 is 4.94. The van der Waals surface area contributed by atoms with Crippen LogP contribution in [-0.2, 0) is 16.0 Å². The molecule has 0 fully saturated rings. The van der Waals surface area contributed by atoms with Gasteiger partial charge >= 0.3 is 5.97 Å². The first kappa shape index (κ1) is 12.4. The van der Waals surface area contributed by atoms with Gasteiger partial charge in [-0.15, -0.1) is 0 Å². The second-order valence-corrected chi connectivity index (χ2v) is 3.53. The van der Waals surface area contributed by atoms with E-state index in [2.05, 4.69) is 0 Å². The molecule has 1 aromatic rings. The van der Waals surface area contributed by atoms with Crippen LogP contribution in [0.15, 0.2) is 18.2 Å². The van der Waals surface area contributed by atoms with Crippen LogP contribution in [-0.4, -0.2) is 22.8 Å². The molecule has 88 valence electrons. The monoisotopic (exact) mass is 224 g/mol. The van der Waals surface area contributed by atoms with Crippen LogP contribution in [0.5, 0.6) is 11.5 Å². The Labute approximate surface area is 94.5 Å². The SMILES string of the molecule is CCCCOC(=O)Cc1c(O)cccc1O. The molecular weight excluding hydrogens is 208 g/mol. The van der Waals surface area contributed by atoms with Gasteiger partial charge in [-0.2, -0.15) is 0 Å². The molecule has 0 amide bonds. The lowest BCUT2D eigenvalue weighted by molar-refractivity contribution is -0.143. The Hall–Kier alpha value is -1.71. The number of hydrogen-bond donors (Lipinski definition) is 2. The normalized spacial score (nSPS) is 10.1. The fourth-order valence-electron chi connectivity index (χ4n) is 1.27. The highest BCUT2D eigenvalue weighted by molar-refractivity contribution is 5.74. The molecule has 0 bridgehead atoms. The van der Waals surface area contributed by atoms with E-state index >= 15 is 0 Å². The van der Waals surface area contributed by atoms with Crippen molar-refractivity contribution >= 4 is 5.97 Å². The van der Waals surface area contributed by atoms with E-state index in [0.29, 0.717) is 6.61 Å². The van der Waals surface area contributed by atoms with Gasteiger partial charge < -0.3 is 14.9 Å². The molecule has 16 heavy (non-hydrogen) atoms. The molecule has 0 atom stereocenters. The number of hydrogen-bond acceptors (Lipinski definition) is 4. The maximum absolute atomic E-state index is 11.3. The quantitative estimate of drug-likeness (QED) is 0.593. The van der Waals surface area contributed by atoms with Crippen molar-refractivity contribution in [2.24, 2.45) is 0 Å². The molecule has 4 heteroatoms. The zero-order valence-electron chi connectivity index (χ0n) is 9.27. The molecule has 1 rings (SSSR count). The molecule has 2 N–H and O–H groups in total. The number of benzene rings is 1. The van der Waals surface area contributed by atoms with Gasteiger partial charge in [-0.25, -0.2) is 0 Å². The summed E-state index contributed by atoms with van der Waals surface area (Å²) in [5, 5.41) is 18.9. The van der Waals surface area contributed by atoms with Crippen molar-refractivity contribution < 1.29 is 19.7 Å². The van der Waals surface area contributed by atoms with Crippen LogP contribution < -0.4 is 0 Å². The number of carbonyl (C=O) groups excluding carboxylic acids is 1. The number of rotatable bonds is 5. The number of ether oxygens (including phenoxy) is 1. The first-order valence-electron chi connectivity index (χ1n) is 5.30. The number of phenolic OH excluding ortho intramolecular Hbond substituents is 2. The Morgan fingerprint density at radius 2 is 1.94 bits per heavy atom. The van der Waals surface area contributed by atoms with Gasteiger partial charge in [0.05, 0.1) is 13.0 Å². The molecule has 0 saturated heterocycles. The third kappa shape index (κ3) is 3.46. The molecule has 0 aliphatic rings. The zero-order chi connectivity index (χ0) is 12.0. The summed E-state index contributed by atoms with van der Waals surface area (Å²) in [4.78, 5) is 11.3. The topological polar surface area (TPSA) is 66.8 Å². The van der Waals surface area contributed by atoms with E-state index in [0.717, 1.165) is 12.8 Å². The summed E-state index contributed by atoms with van der Waals surface area (Å²) >= 11 is 0. The fourth-order valence-corrected chi connectivity index (χ4v) is 1.27. The summed E-state index contributed by atoms with van der Waals surface area (Å²) in [5.74, 6) is -0.620.